The Hall–Kier alpha value is -1.05. The fraction of sp³-hybridized carbons (Fsp3) is 0. The van der Waals surface area contributed by atoms with Gasteiger partial charge in [-0.3, -0.25) is 0 Å². The van der Waals surface area contributed by atoms with Crippen LogP contribution in [0.15, 0.2) is 48.5 Å². The van der Waals surface area contributed by atoms with Gasteiger partial charge in [0.15, 0.2) is 0 Å². The van der Waals surface area contributed by atoms with Crippen LogP contribution in [0, 0.1) is 7.14 Å². The zero-order valence-corrected chi connectivity index (χ0v) is 11.2. The van der Waals surface area contributed by atoms with Gasteiger partial charge in [-0.05, 0) is 24.3 Å². The van der Waals surface area contributed by atoms with Crippen LogP contribution >= 0.6 is 0 Å². The van der Waals surface area contributed by atoms with E-state index in [-0.39, 0.29) is 21.2 Å². The fourth-order valence-corrected chi connectivity index (χ4v) is 4.56. The molecule has 6 heteroatoms. The summed E-state index contributed by atoms with van der Waals surface area (Å²) in [4.78, 5) is 0. The van der Waals surface area contributed by atoms with Crippen molar-refractivity contribution in [1.29, 1.82) is 0 Å². The van der Waals surface area contributed by atoms with E-state index in [4.69, 9.17) is 0 Å². The van der Waals surface area contributed by atoms with E-state index in [0.717, 1.165) is 0 Å². The molecule has 0 spiro atoms. The maximum absolute atomic E-state index is 9.75. The third kappa shape index (κ3) is 3.47. The highest BCUT2D eigenvalue weighted by molar-refractivity contribution is 6.50. The Labute approximate surface area is 112 Å². The van der Waals surface area contributed by atoms with E-state index < -0.39 is 7.25 Å². The highest BCUT2D eigenvalue weighted by atomic mass is 127. The minimum atomic E-state index is -6.00. The second-order valence-electron chi connectivity index (χ2n) is 3.55. The number of hydrogen-bond acceptors (Lipinski definition) is 0. The molecule has 0 unspecified atom stereocenters. The minimum absolute atomic E-state index is 0.103. The summed E-state index contributed by atoms with van der Waals surface area (Å²) in [6.45, 7) is 0. The zero-order valence-electron chi connectivity index (χ0n) is 9.09. The van der Waals surface area contributed by atoms with E-state index in [1.54, 1.807) is 7.14 Å². The lowest BCUT2D eigenvalue weighted by Crippen LogP contribution is -3.61. The van der Waals surface area contributed by atoms with Crippen molar-refractivity contribution < 1.29 is 38.5 Å². The third-order valence-corrected chi connectivity index (χ3v) is 5.29. The molecule has 0 nitrogen and oxygen atoms in total. The van der Waals surface area contributed by atoms with E-state index >= 15 is 0 Å². The molecule has 0 N–H and O–H groups in total. The van der Waals surface area contributed by atoms with Crippen LogP contribution in [0.2, 0.25) is 0 Å². The topological polar surface area (TPSA) is 0 Å². The number of benzene rings is 2. The lowest BCUT2D eigenvalue weighted by Gasteiger charge is -1.94. The van der Waals surface area contributed by atoms with Crippen LogP contribution < -0.4 is 21.2 Å². The van der Waals surface area contributed by atoms with E-state index in [9.17, 15) is 17.3 Å². The van der Waals surface area contributed by atoms with Crippen molar-refractivity contribution >= 4 is 7.25 Å². The number of hydrogen-bond donors (Lipinski definition) is 0. The summed E-state index contributed by atoms with van der Waals surface area (Å²) in [5.41, 5.74) is 2.93. The first-order valence-electron chi connectivity index (χ1n) is 5.16. The van der Waals surface area contributed by atoms with Crippen molar-refractivity contribution in [3.8, 4) is 11.1 Å². The van der Waals surface area contributed by atoms with Crippen LogP contribution in [0.3, 0.4) is 0 Å². The van der Waals surface area contributed by atoms with Gasteiger partial charge < -0.3 is 17.3 Å². The quantitative estimate of drug-likeness (QED) is 0.318. The van der Waals surface area contributed by atoms with Crippen molar-refractivity contribution in [2.45, 2.75) is 0 Å². The van der Waals surface area contributed by atoms with E-state index in [2.05, 4.69) is 48.5 Å². The SMILES string of the molecule is F[B-](F)(F)F.c1ccc2c(c1)[I+]c1ccccc1-2. The minimum Gasteiger partial charge on any atom is -0.418 e. The van der Waals surface area contributed by atoms with Crippen LogP contribution in [-0.4, -0.2) is 7.25 Å². The molecule has 2 aromatic rings. The van der Waals surface area contributed by atoms with Gasteiger partial charge in [-0.25, -0.2) is 0 Å². The average molecular weight is 366 g/mol. The molecular weight excluding hydrogens is 358 g/mol. The molecule has 0 bridgehead atoms. The van der Waals surface area contributed by atoms with E-state index in [1.807, 2.05) is 0 Å². The van der Waals surface area contributed by atoms with Gasteiger partial charge in [0.1, 0.15) is 0 Å². The lowest BCUT2D eigenvalue weighted by atomic mass is 10.1. The first-order valence-corrected chi connectivity index (χ1v) is 7.31. The van der Waals surface area contributed by atoms with Gasteiger partial charge in [-0.1, -0.05) is 24.3 Å². The Balaban J connectivity index is 0.000000209. The monoisotopic (exact) mass is 366 g/mol. The Kier molecular flexibility index (Phi) is 3.94. The molecule has 0 atom stereocenters. The van der Waals surface area contributed by atoms with Crippen LogP contribution in [0.4, 0.5) is 17.3 Å². The van der Waals surface area contributed by atoms with Crippen molar-refractivity contribution in [1.82, 2.24) is 0 Å². The van der Waals surface area contributed by atoms with Gasteiger partial charge >= 0.3 is 28.5 Å². The van der Waals surface area contributed by atoms with E-state index in [1.165, 1.54) is 11.1 Å². The second-order valence-corrected chi connectivity index (χ2v) is 6.41. The molecule has 2 aromatic carbocycles. The predicted molar refractivity (Wildman–Crippen MR) is 59.5 cm³/mol. The summed E-state index contributed by atoms with van der Waals surface area (Å²) < 4.78 is 42.1. The molecule has 0 radical (unpaired) electrons. The van der Waals surface area contributed by atoms with Crippen molar-refractivity contribution in [2.24, 2.45) is 0 Å². The number of fused-ring (bicyclic) bond motifs is 3. The van der Waals surface area contributed by atoms with Crippen molar-refractivity contribution in [2.75, 3.05) is 0 Å². The molecule has 1 aliphatic rings. The van der Waals surface area contributed by atoms with Crippen molar-refractivity contribution in [3.05, 3.63) is 55.7 Å². The highest BCUT2D eigenvalue weighted by Gasteiger charge is 2.31. The molecule has 0 fully saturated rings. The highest BCUT2D eigenvalue weighted by Crippen LogP contribution is 2.21. The van der Waals surface area contributed by atoms with Crippen LogP contribution in [0.5, 0.6) is 0 Å². The molecule has 0 saturated carbocycles. The summed E-state index contributed by atoms with van der Waals surface area (Å²) in [5, 5.41) is 0. The van der Waals surface area contributed by atoms with Gasteiger partial charge in [0.25, 0.3) is 0 Å². The van der Waals surface area contributed by atoms with Gasteiger partial charge in [-0.2, -0.15) is 0 Å². The summed E-state index contributed by atoms with van der Waals surface area (Å²) in [6.07, 6.45) is 0. The lowest BCUT2D eigenvalue weighted by molar-refractivity contribution is -0.589. The van der Waals surface area contributed by atoms with Crippen molar-refractivity contribution in [3.63, 3.8) is 0 Å². The van der Waals surface area contributed by atoms with Crippen LogP contribution in [0.25, 0.3) is 11.1 Å². The molecule has 0 aliphatic carbocycles. The van der Waals surface area contributed by atoms with Gasteiger partial charge in [-0.15, -0.1) is 0 Å². The predicted octanol–water partition coefficient (Wildman–Crippen LogP) is 1.10. The molecule has 94 valence electrons. The van der Waals surface area contributed by atoms with Crippen LogP contribution in [-0.2, 0) is 0 Å². The maximum Gasteiger partial charge on any atom is 0.673 e. The molecule has 0 saturated heterocycles. The first-order chi connectivity index (χ1) is 8.45. The Morgan fingerprint density at radius 1 is 0.667 bits per heavy atom. The van der Waals surface area contributed by atoms with Gasteiger partial charge in [0, 0.05) is 11.1 Å². The Bertz CT molecular complexity index is 504. The fourth-order valence-electron chi connectivity index (χ4n) is 1.63. The van der Waals surface area contributed by atoms with Crippen LogP contribution in [0.1, 0.15) is 0 Å². The summed E-state index contributed by atoms with van der Waals surface area (Å²) in [6, 6.07) is 17.6. The largest absolute Gasteiger partial charge is 0.673 e. The van der Waals surface area contributed by atoms with Gasteiger partial charge in [0.2, 0.25) is 7.14 Å². The first kappa shape index (κ1) is 13.4. The molecule has 1 aliphatic heterocycles. The Morgan fingerprint density at radius 3 is 1.39 bits per heavy atom. The Morgan fingerprint density at radius 2 is 1.00 bits per heavy atom. The normalized spacial score (nSPS) is 12.2. The summed E-state index contributed by atoms with van der Waals surface area (Å²) >= 11 is 0.103. The molecule has 1 heterocycles. The molecule has 0 aromatic heterocycles. The molecular formula is C12H8BF4I. The van der Waals surface area contributed by atoms with Gasteiger partial charge in [0.05, 0.1) is 0 Å². The standard InChI is InChI=1S/C12H8I.BF4/c1-3-7-11-9(5-1)10-6-2-4-8-12(10)13-11;2-1(3,4)5/h1-8H;/q+1;-1. The van der Waals surface area contributed by atoms with E-state index in [0.29, 0.717) is 0 Å². The maximum atomic E-state index is 9.75. The number of halogens is 5. The average Bonchev–Trinajstić information content (AvgIpc) is 2.65. The number of rotatable bonds is 0. The molecule has 3 rings (SSSR count). The zero-order chi connectivity index (χ0) is 13.2. The smallest absolute Gasteiger partial charge is 0.418 e. The molecule has 0 amide bonds. The summed E-state index contributed by atoms with van der Waals surface area (Å²) in [5.74, 6) is 0. The third-order valence-electron chi connectivity index (χ3n) is 2.24. The second kappa shape index (κ2) is 5.30. The molecule has 18 heavy (non-hydrogen) atoms. The summed E-state index contributed by atoms with van der Waals surface area (Å²) in [7, 11) is -6.00.